The molecule has 1 aromatic carbocycles. The number of methoxy groups -OCH3 is 1. The van der Waals surface area contributed by atoms with Gasteiger partial charge in [-0.1, -0.05) is 18.2 Å². The zero-order valence-corrected chi connectivity index (χ0v) is 17.0. The SMILES string of the molecule is COc1ccccc1COP1(=O)OC[C@H]2O[C@@H](n3ccc(C)nc3=O)C(F)(F)[C@@H]2O1. The van der Waals surface area contributed by atoms with Gasteiger partial charge in [-0.05, 0) is 19.1 Å². The molecular weight excluding hydrogens is 425 g/mol. The van der Waals surface area contributed by atoms with Crippen molar-refractivity contribution in [3.05, 3.63) is 58.3 Å². The fraction of sp³-hybridized carbons (Fsp3) is 0.444. The minimum atomic E-state index is -4.32. The van der Waals surface area contributed by atoms with E-state index in [9.17, 15) is 9.36 Å². The van der Waals surface area contributed by atoms with Crippen molar-refractivity contribution in [1.29, 1.82) is 0 Å². The predicted octanol–water partition coefficient (Wildman–Crippen LogP) is 2.83. The third-order valence-electron chi connectivity index (χ3n) is 4.78. The summed E-state index contributed by atoms with van der Waals surface area (Å²) >= 11 is 0. The summed E-state index contributed by atoms with van der Waals surface area (Å²) in [6.45, 7) is 0.870. The van der Waals surface area contributed by atoms with Crippen LogP contribution >= 0.6 is 7.82 Å². The number of hydrogen-bond donors (Lipinski definition) is 0. The number of aryl methyl sites for hydroxylation is 1. The van der Waals surface area contributed by atoms with Crippen LogP contribution in [0.1, 0.15) is 17.5 Å². The first-order valence-electron chi connectivity index (χ1n) is 9.02. The van der Waals surface area contributed by atoms with Crippen molar-refractivity contribution in [1.82, 2.24) is 9.55 Å². The van der Waals surface area contributed by atoms with Crippen LogP contribution in [0.4, 0.5) is 8.78 Å². The van der Waals surface area contributed by atoms with Crippen molar-refractivity contribution in [2.45, 2.75) is 37.9 Å². The van der Waals surface area contributed by atoms with E-state index in [-0.39, 0.29) is 6.61 Å². The van der Waals surface area contributed by atoms with Gasteiger partial charge in [0.2, 0.25) is 6.23 Å². The molecule has 0 amide bonds. The number of aromatic nitrogens is 2. The maximum Gasteiger partial charge on any atom is 0.475 e. The Bertz CT molecular complexity index is 1050. The number of phosphoric acid groups is 1. The van der Waals surface area contributed by atoms with Gasteiger partial charge < -0.3 is 9.47 Å². The highest BCUT2D eigenvalue weighted by atomic mass is 31.2. The molecule has 0 bridgehead atoms. The van der Waals surface area contributed by atoms with Gasteiger partial charge in [-0.2, -0.15) is 13.8 Å². The summed E-state index contributed by atoms with van der Waals surface area (Å²) < 4.78 is 69.5. The highest BCUT2D eigenvalue weighted by molar-refractivity contribution is 7.48. The molecule has 2 aliphatic rings. The highest BCUT2D eigenvalue weighted by Gasteiger charge is 2.65. The van der Waals surface area contributed by atoms with Crippen LogP contribution < -0.4 is 10.4 Å². The van der Waals surface area contributed by atoms with E-state index in [4.69, 9.17) is 23.0 Å². The molecule has 0 spiro atoms. The van der Waals surface area contributed by atoms with E-state index in [1.165, 1.54) is 19.4 Å². The molecule has 30 heavy (non-hydrogen) atoms. The van der Waals surface area contributed by atoms with Gasteiger partial charge in [0, 0.05) is 17.5 Å². The van der Waals surface area contributed by atoms with E-state index in [1.807, 2.05) is 0 Å². The number of ether oxygens (including phenoxy) is 2. The summed E-state index contributed by atoms with van der Waals surface area (Å²) in [5.74, 6) is -3.21. The molecule has 0 saturated carbocycles. The Morgan fingerprint density at radius 1 is 1.33 bits per heavy atom. The molecule has 3 heterocycles. The van der Waals surface area contributed by atoms with Crippen molar-refractivity contribution in [2.24, 2.45) is 0 Å². The molecule has 1 aromatic heterocycles. The van der Waals surface area contributed by atoms with Crippen LogP contribution in [0.3, 0.4) is 0 Å². The van der Waals surface area contributed by atoms with Crippen molar-refractivity contribution in [3.8, 4) is 5.75 Å². The summed E-state index contributed by atoms with van der Waals surface area (Å²) in [5.41, 5.74) is 0.0211. The molecular formula is C18H19F2N2O7P. The zero-order valence-electron chi connectivity index (χ0n) is 16.1. The standard InChI is InChI=1S/C18H19F2N2O7P/c1-11-7-8-22(17(23)21-11)16-18(19,20)15-14(28-16)10-27-30(24,29-15)26-9-12-5-3-4-6-13(12)25-2/h3-8,14-16H,9-10H2,1-2H3/t14-,15-,16-,30?/m1/s1. The van der Waals surface area contributed by atoms with Gasteiger partial charge in [-0.25, -0.2) is 9.36 Å². The quantitative estimate of drug-likeness (QED) is 0.650. The van der Waals surface area contributed by atoms with Crippen molar-refractivity contribution < 1.29 is 36.4 Å². The molecule has 2 saturated heterocycles. The molecule has 1 unspecified atom stereocenters. The normalized spacial score (nSPS) is 30.1. The Morgan fingerprint density at radius 3 is 2.83 bits per heavy atom. The number of para-hydroxylation sites is 1. The average Bonchev–Trinajstić information content (AvgIpc) is 2.97. The molecule has 0 aliphatic carbocycles. The summed E-state index contributed by atoms with van der Waals surface area (Å²) in [4.78, 5) is 15.7. The molecule has 2 aliphatic heterocycles. The van der Waals surface area contributed by atoms with Crippen LogP contribution in [-0.4, -0.2) is 41.4 Å². The van der Waals surface area contributed by atoms with Gasteiger partial charge in [0.15, 0.2) is 6.10 Å². The van der Waals surface area contributed by atoms with Crippen LogP contribution in [0.25, 0.3) is 0 Å². The maximum absolute atomic E-state index is 15.0. The van der Waals surface area contributed by atoms with E-state index in [0.717, 1.165) is 0 Å². The largest absolute Gasteiger partial charge is 0.496 e. The second-order valence-electron chi connectivity index (χ2n) is 6.81. The van der Waals surface area contributed by atoms with E-state index in [0.29, 0.717) is 21.6 Å². The summed E-state index contributed by atoms with van der Waals surface area (Å²) in [5, 5.41) is 0. The summed E-state index contributed by atoms with van der Waals surface area (Å²) in [7, 11) is -2.86. The highest BCUT2D eigenvalue weighted by Crippen LogP contribution is 2.60. The van der Waals surface area contributed by atoms with Crippen LogP contribution in [0.15, 0.2) is 41.3 Å². The number of phosphoric ester groups is 1. The summed E-state index contributed by atoms with van der Waals surface area (Å²) in [6, 6.07) is 8.19. The van der Waals surface area contributed by atoms with Crippen LogP contribution in [-0.2, 0) is 29.5 Å². The fourth-order valence-corrected chi connectivity index (χ4v) is 4.66. The minimum Gasteiger partial charge on any atom is -0.496 e. The van der Waals surface area contributed by atoms with Gasteiger partial charge in [-0.3, -0.25) is 18.1 Å². The first kappa shape index (κ1) is 21.1. The lowest BCUT2D eigenvalue weighted by atomic mass is 10.1. The van der Waals surface area contributed by atoms with Crippen molar-refractivity contribution in [3.63, 3.8) is 0 Å². The Hall–Kier alpha value is -2.17. The van der Waals surface area contributed by atoms with Crippen LogP contribution in [0.5, 0.6) is 5.75 Å². The van der Waals surface area contributed by atoms with E-state index in [2.05, 4.69) is 4.98 Å². The van der Waals surface area contributed by atoms with Gasteiger partial charge in [-0.15, -0.1) is 0 Å². The number of rotatable bonds is 5. The smallest absolute Gasteiger partial charge is 0.475 e. The van der Waals surface area contributed by atoms with Crippen molar-refractivity contribution >= 4 is 7.82 Å². The third kappa shape index (κ3) is 3.79. The maximum atomic E-state index is 15.0. The van der Waals surface area contributed by atoms with E-state index < -0.39 is 44.5 Å². The number of benzene rings is 1. The van der Waals surface area contributed by atoms with Gasteiger partial charge in [0.1, 0.15) is 11.9 Å². The Labute approximate surface area is 170 Å². The number of halogens is 2. The third-order valence-corrected chi connectivity index (χ3v) is 6.18. The monoisotopic (exact) mass is 444 g/mol. The molecule has 4 rings (SSSR count). The number of alkyl halides is 2. The van der Waals surface area contributed by atoms with Gasteiger partial charge in [0.25, 0.3) is 0 Å². The lowest BCUT2D eigenvalue weighted by molar-refractivity contribution is -0.138. The molecule has 12 heteroatoms. The van der Waals surface area contributed by atoms with Crippen LogP contribution in [0.2, 0.25) is 0 Å². The molecule has 0 radical (unpaired) electrons. The molecule has 9 nitrogen and oxygen atoms in total. The molecule has 4 atom stereocenters. The van der Waals surface area contributed by atoms with E-state index in [1.54, 1.807) is 31.2 Å². The second kappa shape index (κ2) is 7.82. The lowest BCUT2D eigenvalue weighted by Crippen LogP contribution is -2.45. The molecule has 2 aromatic rings. The first-order chi connectivity index (χ1) is 14.2. The second-order valence-corrected chi connectivity index (χ2v) is 8.44. The topological polar surface area (TPSA) is 98.1 Å². The minimum absolute atomic E-state index is 0.240. The number of fused-ring (bicyclic) bond motifs is 1. The van der Waals surface area contributed by atoms with Gasteiger partial charge in [0.05, 0.1) is 20.3 Å². The van der Waals surface area contributed by atoms with Gasteiger partial charge >= 0.3 is 19.4 Å². The van der Waals surface area contributed by atoms with E-state index >= 15 is 8.78 Å². The van der Waals surface area contributed by atoms with Crippen molar-refractivity contribution in [2.75, 3.05) is 13.7 Å². The number of nitrogens with zero attached hydrogens (tertiary/aromatic N) is 2. The summed E-state index contributed by atoms with van der Waals surface area (Å²) in [6.07, 6.45) is -3.97. The first-order valence-corrected chi connectivity index (χ1v) is 10.5. The van der Waals surface area contributed by atoms with Crippen LogP contribution in [0, 0.1) is 6.92 Å². The fourth-order valence-electron chi connectivity index (χ4n) is 3.28. The number of hydrogen-bond acceptors (Lipinski definition) is 8. The molecule has 2 fully saturated rings. The molecule has 162 valence electrons. The Kier molecular flexibility index (Phi) is 5.50. The molecule has 0 N–H and O–H groups in total. The Morgan fingerprint density at radius 2 is 2.10 bits per heavy atom. The lowest BCUT2D eigenvalue weighted by Gasteiger charge is -2.31. The Balaban J connectivity index is 1.52. The average molecular weight is 444 g/mol. The predicted molar refractivity (Wildman–Crippen MR) is 98.3 cm³/mol. The zero-order chi connectivity index (χ0) is 21.5.